The molecule has 0 radical (unpaired) electrons. The Morgan fingerprint density at radius 2 is 1.52 bits per heavy atom. The topological polar surface area (TPSA) is 42.0 Å². The maximum absolute atomic E-state index is 12.1. The second kappa shape index (κ2) is 12.7. The molecule has 2 heterocycles. The van der Waals surface area contributed by atoms with E-state index in [0.29, 0.717) is 12.2 Å². The van der Waals surface area contributed by atoms with Crippen molar-refractivity contribution in [2.75, 3.05) is 39.3 Å². The molecule has 2 saturated heterocycles. The molecule has 25 heavy (non-hydrogen) atoms. The lowest BCUT2D eigenvalue weighted by Crippen LogP contribution is -2.45. The van der Waals surface area contributed by atoms with Gasteiger partial charge in [0.05, 0.1) is 18.3 Å². The van der Waals surface area contributed by atoms with E-state index >= 15 is 0 Å². The Balaban J connectivity index is 0.00000151. The number of ether oxygens (including phenoxy) is 2. The molecular weight excluding hydrogens is 316 g/mol. The van der Waals surface area contributed by atoms with E-state index in [-0.39, 0.29) is 18.6 Å². The van der Waals surface area contributed by atoms with Gasteiger partial charge in [-0.25, -0.2) is 0 Å². The Morgan fingerprint density at radius 1 is 1.00 bits per heavy atom. The van der Waals surface area contributed by atoms with Gasteiger partial charge in [0, 0.05) is 26.2 Å². The van der Waals surface area contributed by atoms with Crippen LogP contribution < -0.4 is 0 Å². The van der Waals surface area contributed by atoms with Crippen LogP contribution in [-0.4, -0.2) is 73.3 Å². The summed E-state index contributed by atoms with van der Waals surface area (Å²) in [5.74, 6) is 0.116. The molecule has 0 unspecified atom stereocenters. The zero-order valence-electron chi connectivity index (χ0n) is 17.1. The van der Waals surface area contributed by atoms with Gasteiger partial charge in [-0.05, 0) is 52.5 Å². The molecule has 2 aliphatic heterocycles. The number of hydrogen-bond donors (Lipinski definition) is 0. The van der Waals surface area contributed by atoms with Gasteiger partial charge < -0.3 is 19.3 Å². The van der Waals surface area contributed by atoms with Gasteiger partial charge in [-0.15, -0.1) is 0 Å². The van der Waals surface area contributed by atoms with Crippen LogP contribution in [0.5, 0.6) is 0 Å². The monoisotopic (exact) mass is 356 g/mol. The molecule has 0 atom stereocenters. The molecule has 2 fully saturated rings. The summed E-state index contributed by atoms with van der Waals surface area (Å²) in [6, 6.07) is 0. The third-order valence-corrected chi connectivity index (χ3v) is 4.79. The number of carbonyl (C=O) groups excluding carboxylic acids is 1. The lowest BCUT2D eigenvalue weighted by molar-refractivity contribution is -0.141. The zero-order chi connectivity index (χ0) is 18.7. The van der Waals surface area contributed by atoms with Crippen molar-refractivity contribution >= 4 is 5.91 Å². The summed E-state index contributed by atoms with van der Waals surface area (Å²) in [5.41, 5.74) is 0. The molecule has 0 aromatic heterocycles. The molecule has 5 heteroatoms. The highest BCUT2D eigenvalue weighted by Crippen LogP contribution is 2.21. The highest BCUT2D eigenvalue weighted by atomic mass is 16.5. The molecule has 1 amide bonds. The van der Waals surface area contributed by atoms with Crippen LogP contribution in [0.15, 0.2) is 0 Å². The number of amides is 1. The number of hydrogen-bond acceptors (Lipinski definition) is 4. The van der Waals surface area contributed by atoms with Crippen LogP contribution in [0.1, 0.15) is 66.7 Å². The van der Waals surface area contributed by atoms with Crippen LogP contribution in [-0.2, 0) is 14.3 Å². The van der Waals surface area contributed by atoms with E-state index in [2.05, 4.69) is 11.8 Å². The van der Waals surface area contributed by atoms with Crippen LogP contribution in [0.2, 0.25) is 0 Å². The minimum Gasteiger partial charge on any atom is -0.375 e. The van der Waals surface area contributed by atoms with Gasteiger partial charge in [0.25, 0.3) is 0 Å². The van der Waals surface area contributed by atoms with Gasteiger partial charge in [0.15, 0.2) is 0 Å². The lowest BCUT2D eigenvalue weighted by Gasteiger charge is -2.37. The Kier molecular flexibility index (Phi) is 11.3. The van der Waals surface area contributed by atoms with Crippen LogP contribution in [0.3, 0.4) is 0 Å². The van der Waals surface area contributed by atoms with Crippen molar-refractivity contribution < 1.29 is 14.3 Å². The van der Waals surface area contributed by atoms with Crippen LogP contribution >= 0.6 is 0 Å². The third kappa shape index (κ3) is 8.52. The minimum atomic E-state index is 0.110. The van der Waals surface area contributed by atoms with E-state index in [4.69, 9.17) is 9.47 Å². The Morgan fingerprint density at radius 3 is 2.00 bits per heavy atom. The van der Waals surface area contributed by atoms with Crippen molar-refractivity contribution in [3.05, 3.63) is 0 Å². The van der Waals surface area contributed by atoms with E-state index in [1.165, 1.54) is 26.1 Å². The van der Waals surface area contributed by atoms with Gasteiger partial charge in [0.2, 0.25) is 5.91 Å². The zero-order valence-corrected chi connectivity index (χ0v) is 17.1. The van der Waals surface area contributed by atoms with Crippen LogP contribution in [0.4, 0.5) is 0 Å². The average molecular weight is 357 g/mol. The van der Waals surface area contributed by atoms with Crippen LogP contribution in [0.25, 0.3) is 0 Å². The highest BCUT2D eigenvalue weighted by molar-refractivity contribution is 5.77. The van der Waals surface area contributed by atoms with Gasteiger partial charge in [-0.1, -0.05) is 20.8 Å². The number of carbonyl (C=O) groups is 1. The predicted molar refractivity (Wildman–Crippen MR) is 103 cm³/mol. The van der Waals surface area contributed by atoms with E-state index in [1.807, 2.05) is 32.6 Å². The molecule has 2 aliphatic rings. The van der Waals surface area contributed by atoms with Crippen molar-refractivity contribution in [3.8, 4) is 0 Å². The first kappa shape index (κ1) is 22.4. The molecule has 5 nitrogen and oxygen atoms in total. The Hall–Kier alpha value is -0.650. The molecule has 0 spiro atoms. The fourth-order valence-corrected chi connectivity index (χ4v) is 3.43. The van der Waals surface area contributed by atoms with Gasteiger partial charge in [-0.3, -0.25) is 4.79 Å². The molecule has 0 saturated carbocycles. The summed E-state index contributed by atoms with van der Waals surface area (Å²) in [6.07, 6.45) is 6.32. The highest BCUT2D eigenvalue weighted by Gasteiger charge is 2.27. The predicted octanol–water partition coefficient (Wildman–Crippen LogP) is 3.32. The SMILES string of the molecule is CC.CCCN1CCC(OC2CCN(C(=O)COC(C)C)CC2)CC1. The van der Waals surface area contributed by atoms with Gasteiger partial charge in [-0.2, -0.15) is 0 Å². The molecule has 0 aromatic rings. The standard InChI is InChI=1S/C18H34N2O3.C2H6/c1-4-9-19-10-5-16(6-11-19)23-17-7-12-20(13-8-17)18(21)14-22-15(2)3;1-2/h15-17H,4-14H2,1-3H3;1-2H3. The second-order valence-corrected chi connectivity index (χ2v) is 7.12. The maximum atomic E-state index is 12.1. The Bertz CT molecular complexity index is 347. The number of rotatable bonds is 7. The number of likely N-dealkylation sites (tertiary alicyclic amines) is 2. The molecule has 2 rings (SSSR count). The lowest BCUT2D eigenvalue weighted by atomic mass is 10.0. The van der Waals surface area contributed by atoms with Crippen molar-refractivity contribution in [1.29, 1.82) is 0 Å². The van der Waals surface area contributed by atoms with Crippen molar-refractivity contribution in [3.63, 3.8) is 0 Å². The summed E-state index contributed by atoms with van der Waals surface area (Å²) >= 11 is 0. The molecule has 148 valence electrons. The summed E-state index contributed by atoms with van der Waals surface area (Å²) < 4.78 is 11.7. The molecular formula is C20H40N2O3. The van der Waals surface area contributed by atoms with E-state index < -0.39 is 0 Å². The molecule has 0 aliphatic carbocycles. The van der Waals surface area contributed by atoms with Gasteiger partial charge in [0.1, 0.15) is 6.61 Å². The second-order valence-electron chi connectivity index (χ2n) is 7.12. The first-order valence-corrected chi connectivity index (χ1v) is 10.4. The quantitative estimate of drug-likeness (QED) is 0.702. The van der Waals surface area contributed by atoms with Gasteiger partial charge >= 0.3 is 0 Å². The fourth-order valence-electron chi connectivity index (χ4n) is 3.43. The normalized spacial score (nSPS) is 20.5. The summed E-state index contributed by atoms with van der Waals surface area (Å²) in [5, 5.41) is 0. The van der Waals surface area contributed by atoms with Crippen LogP contribution in [0, 0.1) is 0 Å². The first-order chi connectivity index (χ1) is 12.1. The average Bonchev–Trinajstić information content (AvgIpc) is 2.64. The summed E-state index contributed by atoms with van der Waals surface area (Å²) in [7, 11) is 0. The summed E-state index contributed by atoms with van der Waals surface area (Å²) in [4.78, 5) is 16.5. The largest absolute Gasteiger partial charge is 0.375 e. The van der Waals surface area contributed by atoms with Crippen molar-refractivity contribution in [1.82, 2.24) is 9.80 Å². The van der Waals surface area contributed by atoms with Crippen molar-refractivity contribution in [2.24, 2.45) is 0 Å². The van der Waals surface area contributed by atoms with Crippen molar-refractivity contribution in [2.45, 2.75) is 85.0 Å². The number of nitrogens with zero attached hydrogens (tertiary/aromatic N) is 2. The van der Waals surface area contributed by atoms with E-state index in [0.717, 1.165) is 38.8 Å². The smallest absolute Gasteiger partial charge is 0.248 e. The molecule has 0 bridgehead atoms. The number of piperidine rings is 2. The third-order valence-electron chi connectivity index (χ3n) is 4.79. The maximum Gasteiger partial charge on any atom is 0.248 e. The van der Waals surface area contributed by atoms with E-state index in [1.54, 1.807) is 0 Å². The van der Waals surface area contributed by atoms with E-state index in [9.17, 15) is 4.79 Å². The molecule has 0 aromatic carbocycles. The first-order valence-electron chi connectivity index (χ1n) is 10.4. The fraction of sp³-hybridized carbons (Fsp3) is 0.950. The minimum absolute atomic E-state index is 0.110. The molecule has 0 N–H and O–H groups in total. The Labute approximate surface area is 155 Å². The summed E-state index contributed by atoms with van der Waals surface area (Å²) in [6.45, 7) is 15.5.